The lowest BCUT2D eigenvalue weighted by molar-refractivity contribution is 0.100. The highest BCUT2D eigenvalue weighted by molar-refractivity contribution is 6.05. The number of carbonyl (C=O) groups excluding carboxylic acids is 1. The zero-order valence-corrected chi connectivity index (χ0v) is 11.2. The highest BCUT2D eigenvalue weighted by atomic mass is 16.3. The zero-order chi connectivity index (χ0) is 14.1. The molecule has 1 aromatic carbocycles. The van der Waals surface area contributed by atoms with Crippen LogP contribution >= 0.6 is 0 Å². The van der Waals surface area contributed by atoms with Gasteiger partial charge in [-0.15, -0.1) is 0 Å². The van der Waals surface area contributed by atoms with Gasteiger partial charge < -0.3 is 21.1 Å². The smallest absolute Gasteiger partial charge is 0.250 e. The molecule has 2 heterocycles. The molecule has 20 heavy (non-hydrogen) atoms. The minimum Gasteiger partial charge on any atom is -0.396 e. The second-order valence-electron chi connectivity index (χ2n) is 5.47. The van der Waals surface area contributed by atoms with E-state index in [1.165, 1.54) is 5.56 Å². The molecule has 2 aromatic rings. The van der Waals surface area contributed by atoms with Crippen molar-refractivity contribution in [2.24, 2.45) is 11.7 Å². The van der Waals surface area contributed by atoms with Crippen LogP contribution in [0.3, 0.4) is 0 Å². The van der Waals surface area contributed by atoms with Gasteiger partial charge in [0.1, 0.15) is 0 Å². The number of fused-ring (bicyclic) bond motifs is 1. The summed E-state index contributed by atoms with van der Waals surface area (Å²) in [4.78, 5) is 14.6. The Labute approximate surface area is 117 Å². The van der Waals surface area contributed by atoms with E-state index < -0.39 is 5.91 Å². The Hall–Kier alpha value is -1.85. The van der Waals surface area contributed by atoms with Crippen molar-refractivity contribution in [3.8, 4) is 0 Å². The molecule has 1 amide bonds. The highest BCUT2D eigenvalue weighted by Crippen LogP contribution is 2.32. The topological polar surface area (TPSA) is 91.1 Å². The van der Waals surface area contributed by atoms with Crippen molar-refractivity contribution >= 4 is 16.8 Å². The monoisotopic (exact) mass is 273 g/mol. The van der Waals surface area contributed by atoms with E-state index in [-0.39, 0.29) is 6.61 Å². The zero-order valence-electron chi connectivity index (χ0n) is 11.2. The van der Waals surface area contributed by atoms with Crippen molar-refractivity contribution < 1.29 is 9.90 Å². The molecule has 0 saturated carbocycles. The molecule has 2 atom stereocenters. The minimum absolute atomic E-state index is 0.207. The Kier molecular flexibility index (Phi) is 3.46. The number of aliphatic hydroxyl groups excluding tert-OH is 1. The summed E-state index contributed by atoms with van der Waals surface area (Å²) in [5.41, 5.74) is 7.94. The van der Waals surface area contributed by atoms with Gasteiger partial charge in [-0.05, 0) is 36.0 Å². The Bertz CT molecular complexity index is 635. The Morgan fingerprint density at radius 2 is 2.20 bits per heavy atom. The van der Waals surface area contributed by atoms with Crippen molar-refractivity contribution in [3.05, 3.63) is 35.5 Å². The Morgan fingerprint density at radius 1 is 1.35 bits per heavy atom. The number of amides is 1. The predicted octanol–water partition coefficient (Wildman–Crippen LogP) is 0.952. The van der Waals surface area contributed by atoms with Crippen LogP contribution in [0, 0.1) is 5.92 Å². The van der Waals surface area contributed by atoms with Crippen LogP contribution in [0.25, 0.3) is 10.9 Å². The minimum atomic E-state index is -0.418. The molecule has 1 fully saturated rings. The molecule has 0 spiro atoms. The Balaban J connectivity index is 2.02. The number of H-pyrrole nitrogens is 1. The summed E-state index contributed by atoms with van der Waals surface area (Å²) in [6.45, 7) is 1.97. The van der Waals surface area contributed by atoms with Crippen molar-refractivity contribution in [2.45, 2.75) is 12.3 Å². The summed E-state index contributed by atoms with van der Waals surface area (Å²) in [6.07, 6.45) is 2.79. The molecule has 5 heteroatoms. The number of nitrogens with one attached hydrogen (secondary N) is 2. The maximum absolute atomic E-state index is 11.5. The number of aliphatic hydroxyl groups is 1. The van der Waals surface area contributed by atoms with Crippen molar-refractivity contribution in [2.75, 3.05) is 19.7 Å². The maximum Gasteiger partial charge on any atom is 0.250 e. The van der Waals surface area contributed by atoms with Gasteiger partial charge in [-0.25, -0.2) is 0 Å². The molecule has 1 aliphatic heterocycles. The number of aromatic nitrogens is 1. The fourth-order valence-corrected chi connectivity index (χ4v) is 3.15. The maximum atomic E-state index is 11.5. The van der Waals surface area contributed by atoms with Crippen LogP contribution in [0.5, 0.6) is 0 Å². The lowest BCUT2D eigenvalue weighted by Gasteiger charge is -2.29. The average molecular weight is 273 g/mol. The lowest BCUT2D eigenvalue weighted by Crippen LogP contribution is -2.36. The number of rotatable bonds is 3. The van der Waals surface area contributed by atoms with E-state index in [4.69, 9.17) is 5.73 Å². The fraction of sp³-hybridized carbons (Fsp3) is 0.400. The molecule has 0 bridgehead atoms. The third kappa shape index (κ3) is 2.19. The van der Waals surface area contributed by atoms with Gasteiger partial charge >= 0.3 is 0 Å². The molecular weight excluding hydrogens is 254 g/mol. The second kappa shape index (κ2) is 5.26. The van der Waals surface area contributed by atoms with Crippen LogP contribution in [0.15, 0.2) is 24.4 Å². The molecule has 0 radical (unpaired) electrons. The molecule has 3 rings (SSSR count). The molecule has 1 aromatic heterocycles. The summed E-state index contributed by atoms with van der Waals surface area (Å²) in [5.74, 6) is 0.221. The molecule has 106 valence electrons. The molecule has 1 saturated heterocycles. The van der Waals surface area contributed by atoms with E-state index in [1.807, 2.05) is 18.3 Å². The standard InChI is InChI=1S/C15H19N3O2/c16-15(20)13-2-1-11(12-3-4-18-14(12)13)10-5-9(8-19)6-17-7-10/h1-4,9-10,17-19H,5-8H2,(H2,16,20)/t9-,10-/m1/s1. The van der Waals surface area contributed by atoms with Crippen molar-refractivity contribution in [1.29, 1.82) is 0 Å². The third-order valence-electron chi connectivity index (χ3n) is 4.16. The molecule has 5 N–H and O–H groups in total. The third-order valence-corrected chi connectivity index (χ3v) is 4.16. The van der Waals surface area contributed by atoms with E-state index >= 15 is 0 Å². The van der Waals surface area contributed by atoms with Gasteiger partial charge in [-0.2, -0.15) is 0 Å². The van der Waals surface area contributed by atoms with E-state index in [0.29, 0.717) is 17.4 Å². The van der Waals surface area contributed by atoms with Gasteiger partial charge in [0.05, 0.1) is 11.1 Å². The first-order valence-corrected chi connectivity index (χ1v) is 6.92. The summed E-state index contributed by atoms with van der Waals surface area (Å²) in [7, 11) is 0. The largest absolute Gasteiger partial charge is 0.396 e. The first kappa shape index (κ1) is 13.1. The van der Waals surface area contributed by atoms with Gasteiger partial charge in [0.2, 0.25) is 0 Å². The van der Waals surface area contributed by atoms with E-state index in [1.54, 1.807) is 6.07 Å². The lowest BCUT2D eigenvalue weighted by atomic mass is 9.84. The van der Waals surface area contributed by atoms with Gasteiger partial charge in [-0.1, -0.05) is 6.07 Å². The number of benzene rings is 1. The Morgan fingerprint density at radius 3 is 2.95 bits per heavy atom. The number of piperidine rings is 1. The SMILES string of the molecule is NC(=O)c1ccc([C@H]2CNC[C@H](CO)C2)c2cc[nH]c12. The van der Waals surface area contributed by atoms with Gasteiger partial charge in [0, 0.05) is 31.3 Å². The fourth-order valence-electron chi connectivity index (χ4n) is 3.15. The van der Waals surface area contributed by atoms with Crippen LogP contribution < -0.4 is 11.1 Å². The van der Waals surface area contributed by atoms with Crippen LogP contribution in [-0.2, 0) is 0 Å². The first-order chi connectivity index (χ1) is 9.70. The molecule has 1 aliphatic rings. The number of carbonyl (C=O) groups is 1. The molecule has 5 nitrogen and oxygen atoms in total. The van der Waals surface area contributed by atoms with Gasteiger partial charge in [0.15, 0.2) is 0 Å². The van der Waals surface area contributed by atoms with E-state index in [2.05, 4.69) is 10.3 Å². The highest BCUT2D eigenvalue weighted by Gasteiger charge is 2.24. The van der Waals surface area contributed by atoms with Gasteiger partial charge in [0.25, 0.3) is 5.91 Å². The molecule has 0 aliphatic carbocycles. The summed E-state index contributed by atoms with van der Waals surface area (Å²) < 4.78 is 0. The van der Waals surface area contributed by atoms with Crippen LogP contribution in [-0.4, -0.2) is 35.7 Å². The summed E-state index contributed by atoms with van der Waals surface area (Å²) in [6, 6.07) is 5.76. The second-order valence-corrected chi connectivity index (χ2v) is 5.47. The predicted molar refractivity (Wildman–Crippen MR) is 77.6 cm³/mol. The van der Waals surface area contributed by atoms with Crippen LogP contribution in [0.4, 0.5) is 0 Å². The number of primary amides is 1. The number of aromatic amines is 1. The number of nitrogens with two attached hydrogens (primary N) is 1. The normalized spacial score (nSPS) is 23.1. The molecular formula is C15H19N3O2. The van der Waals surface area contributed by atoms with Crippen molar-refractivity contribution in [3.63, 3.8) is 0 Å². The van der Waals surface area contributed by atoms with Gasteiger partial charge in [-0.3, -0.25) is 4.79 Å². The summed E-state index contributed by atoms with van der Waals surface area (Å²) >= 11 is 0. The van der Waals surface area contributed by atoms with E-state index in [9.17, 15) is 9.90 Å². The number of hydrogen-bond acceptors (Lipinski definition) is 3. The average Bonchev–Trinajstić information content (AvgIpc) is 2.95. The van der Waals surface area contributed by atoms with E-state index in [0.717, 1.165) is 30.4 Å². The van der Waals surface area contributed by atoms with Crippen LogP contribution in [0.2, 0.25) is 0 Å². The van der Waals surface area contributed by atoms with Crippen LogP contribution in [0.1, 0.15) is 28.3 Å². The number of hydrogen-bond donors (Lipinski definition) is 4. The van der Waals surface area contributed by atoms with Crippen molar-refractivity contribution in [1.82, 2.24) is 10.3 Å². The first-order valence-electron chi connectivity index (χ1n) is 6.92. The quantitative estimate of drug-likeness (QED) is 0.671. The summed E-state index contributed by atoms with van der Waals surface area (Å²) in [5, 5.41) is 13.8. The molecule has 0 unspecified atom stereocenters.